The van der Waals surface area contributed by atoms with Crippen LogP contribution in [-0.4, -0.2) is 57.4 Å². The minimum atomic E-state index is 0.0350. The SMILES string of the molecule is CCN(CC(=O)NCC1CCCO1)Cc1ccc(OC)c(OC)c1. The molecule has 6 nitrogen and oxygen atoms in total. The van der Waals surface area contributed by atoms with E-state index in [1.165, 1.54) is 0 Å². The zero-order valence-electron chi connectivity index (χ0n) is 14.8. The Kier molecular flexibility index (Phi) is 7.34. The largest absolute Gasteiger partial charge is 0.493 e. The Balaban J connectivity index is 1.85. The van der Waals surface area contributed by atoms with Gasteiger partial charge in [0.2, 0.25) is 5.91 Å². The maximum atomic E-state index is 12.1. The Hall–Kier alpha value is -1.79. The van der Waals surface area contributed by atoms with E-state index in [0.717, 1.165) is 31.6 Å². The first kappa shape index (κ1) is 18.5. The van der Waals surface area contributed by atoms with E-state index < -0.39 is 0 Å². The van der Waals surface area contributed by atoms with Crippen LogP contribution in [0.25, 0.3) is 0 Å². The van der Waals surface area contributed by atoms with Crippen LogP contribution in [0.15, 0.2) is 18.2 Å². The van der Waals surface area contributed by atoms with Gasteiger partial charge in [-0.3, -0.25) is 9.69 Å². The molecule has 0 aliphatic carbocycles. The van der Waals surface area contributed by atoms with Crippen LogP contribution in [0.4, 0.5) is 0 Å². The van der Waals surface area contributed by atoms with Crippen molar-refractivity contribution >= 4 is 5.91 Å². The van der Waals surface area contributed by atoms with Crippen LogP contribution in [-0.2, 0) is 16.1 Å². The molecule has 0 saturated carbocycles. The Bertz CT molecular complexity index is 530. The van der Waals surface area contributed by atoms with Crippen LogP contribution in [0.5, 0.6) is 11.5 Å². The lowest BCUT2D eigenvalue weighted by Gasteiger charge is -2.21. The average molecular weight is 336 g/mol. The monoisotopic (exact) mass is 336 g/mol. The van der Waals surface area contributed by atoms with Gasteiger partial charge >= 0.3 is 0 Å². The summed E-state index contributed by atoms with van der Waals surface area (Å²) in [4.78, 5) is 14.2. The summed E-state index contributed by atoms with van der Waals surface area (Å²) in [5.41, 5.74) is 1.08. The minimum Gasteiger partial charge on any atom is -0.493 e. The summed E-state index contributed by atoms with van der Waals surface area (Å²) in [5, 5.41) is 2.97. The van der Waals surface area contributed by atoms with E-state index in [2.05, 4.69) is 10.2 Å². The number of hydrogen-bond acceptors (Lipinski definition) is 5. The van der Waals surface area contributed by atoms with Crippen LogP contribution >= 0.6 is 0 Å². The zero-order valence-corrected chi connectivity index (χ0v) is 14.8. The molecule has 1 fully saturated rings. The third-order valence-electron chi connectivity index (χ3n) is 4.22. The zero-order chi connectivity index (χ0) is 17.4. The maximum absolute atomic E-state index is 12.1. The fraction of sp³-hybridized carbons (Fsp3) is 0.611. The van der Waals surface area contributed by atoms with Crippen molar-refractivity contribution in [3.05, 3.63) is 23.8 Å². The first-order valence-corrected chi connectivity index (χ1v) is 8.47. The highest BCUT2D eigenvalue weighted by atomic mass is 16.5. The molecule has 0 spiro atoms. The molecule has 0 aromatic heterocycles. The molecule has 1 aromatic rings. The molecule has 2 rings (SSSR count). The number of carbonyl (C=O) groups is 1. The molecular weight excluding hydrogens is 308 g/mol. The van der Waals surface area contributed by atoms with Gasteiger partial charge in [-0.05, 0) is 37.1 Å². The summed E-state index contributed by atoms with van der Waals surface area (Å²) in [6.07, 6.45) is 2.29. The molecule has 1 aromatic carbocycles. The van der Waals surface area contributed by atoms with Crippen molar-refractivity contribution in [1.29, 1.82) is 0 Å². The summed E-state index contributed by atoms with van der Waals surface area (Å²) in [5.74, 6) is 1.44. The predicted molar refractivity (Wildman–Crippen MR) is 92.5 cm³/mol. The van der Waals surface area contributed by atoms with Crippen molar-refractivity contribution in [3.8, 4) is 11.5 Å². The van der Waals surface area contributed by atoms with Gasteiger partial charge < -0.3 is 19.5 Å². The van der Waals surface area contributed by atoms with Crippen LogP contribution < -0.4 is 14.8 Å². The number of methoxy groups -OCH3 is 2. The molecular formula is C18H28N2O4. The molecule has 24 heavy (non-hydrogen) atoms. The number of benzene rings is 1. The fourth-order valence-electron chi connectivity index (χ4n) is 2.81. The van der Waals surface area contributed by atoms with Crippen molar-refractivity contribution in [1.82, 2.24) is 10.2 Å². The van der Waals surface area contributed by atoms with Crippen LogP contribution in [0.3, 0.4) is 0 Å². The Morgan fingerprint density at radius 3 is 2.75 bits per heavy atom. The normalized spacial score (nSPS) is 17.1. The second kappa shape index (κ2) is 9.49. The van der Waals surface area contributed by atoms with Gasteiger partial charge in [0.15, 0.2) is 11.5 Å². The quantitative estimate of drug-likeness (QED) is 0.745. The van der Waals surface area contributed by atoms with E-state index >= 15 is 0 Å². The van der Waals surface area contributed by atoms with Gasteiger partial charge in [0.1, 0.15) is 0 Å². The minimum absolute atomic E-state index is 0.0350. The predicted octanol–water partition coefficient (Wildman–Crippen LogP) is 1.82. The second-order valence-electron chi connectivity index (χ2n) is 5.93. The highest BCUT2D eigenvalue weighted by Gasteiger charge is 2.17. The first-order valence-electron chi connectivity index (χ1n) is 8.47. The lowest BCUT2D eigenvalue weighted by molar-refractivity contribution is -0.122. The van der Waals surface area contributed by atoms with Crippen LogP contribution in [0.1, 0.15) is 25.3 Å². The van der Waals surface area contributed by atoms with Crippen LogP contribution in [0.2, 0.25) is 0 Å². The van der Waals surface area contributed by atoms with Crippen molar-refractivity contribution in [2.75, 3.05) is 40.5 Å². The highest BCUT2D eigenvalue weighted by molar-refractivity contribution is 5.78. The molecule has 0 bridgehead atoms. The summed E-state index contributed by atoms with van der Waals surface area (Å²) in [6, 6.07) is 5.83. The van der Waals surface area contributed by atoms with Crippen molar-refractivity contribution < 1.29 is 19.0 Å². The maximum Gasteiger partial charge on any atom is 0.234 e. The third-order valence-corrected chi connectivity index (χ3v) is 4.22. The molecule has 1 heterocycles. The lowest BCUT2D eigenvalue weighted by atomic mass is 10.2. The van der Waals surface area contributed by atoms with Crippen LogP contribution in [0, 0.1) is 0 Å². The molecule has 6 heteroatoms. The third kappa shape index (κ3) is 5.39. The van der Waals surface area contributed by atoms with Gasteiger partial charge in [0, 0.05) is 19.7 Å². The number of hydrogen-bond donors (Lipinski definition) is 1. The summed E-state index contributed by atoms with van der Waals surface area (Å²) < 4.78 is 16.1. The number of likely N-dealkylation sites (N-methyl/N-ethyl adjacent to an activating group) is 1. The van der Waals surface area contributed by atoms with E-state index in [1.807, 2.05) is 25.1 Å². The summed E-state index contributed by atoms with van der Waals surface area (Å²) in [6.45, 7) is 5.31. The molecule has 1 atom stereocenters. The molecule has 1 N–H and O–H groups in total. The standard InChI is InChI=1S/C18H28N2O4/c1-4-20(13-18(21)19-11-15-6-5-9-24-15)12-14-7-8-16(22-2)17(10-14)23-3/h7-8,10,15H,4-6,9,11-13H2,1-3H3,(H,19,21). The number of nitrogens with zero attached hydrogens (tertiary/aromatic N) is 1. The van der Waals surface area contributed by atoms with E-state index in [-0.39, 0.29) is 12.0 Å². The van der Waals surface area contributed by atoms with Gasteiger partial charge in [0.05, 0.1) is 26.9 Å². The lowest BCUT2D eigenvalue weighted by Crippen LogP contribution is -2.39. The van der Waals surface area contributed by atoms with Crippen molar-refractivity contribution in [3.63, 3.8) is 0 Å². The van der Waals surface area contributed by atoms with Gasteiger partial charge in [-0.1, -0.05) is 13.0 Å². The number of rotatable bonds is 9. The van der Waals surface area contributed by atoms with Gasteiger partial charge in [-0.2, -0.15) is 0 Å². The summed E-state index contributed by atoms with van der Waals surface area (Å²) in [7, 11) is 3.24. The topological polar surface area (TPSA) is 60.0 Å². The molecule has 1 aliphatic heterocycles. The van der Waals surface area contributed by atoms with Crippen molar-refractivity contribution in [2.45, 2.75) is 32.4 Å². The average Bonchev–Trinajstić information content (AvgIpc) is 3.12. The van der Waals surface area contributed by atoms with Gasteiger partial charge in [-0.15, -0.1) is 0 Å². The van der Waals surface area contributed by atoms with E-state index in [9.17, 15) is 4.79 Å². The Morgan fingerprint density at radius 1 is 1.33 bits per heavy atom. The molecule has 1 saturated heterocycles. The van der Waals surface area contributed by atoms with Gasteiger partial charge in [0.25, 0.3) is 0 Å². The molecule has 0 radical (unpaired) electrons. The number of amides is 1. The number of ether oxygens (including phenoxy) is 3. The van der Waals surface area contributed by atoms with Crippen molar-refractivity contribution in [2.24, 2.45) is 0 Å². The summed E-state index contributed by atoms with van der Waals surface area (Å²) >= 11 is 0. The van der Waals surface area contributed by atoms with E-state index in [0.29, 0.717) is 31.1 Å². The smallest absolute Gasteiger partial charge is 0.234 e. The first-order chi connectivity index (χ1) is 11.7. The number of nitrogens with one attached hydrogen (secondary N) is 1. The molecule has 1 amide bonds. The second-order valence-corrected chi connectivity index (χ2v) is 5.93. The van der Waals surface area contributed by atoms with E-state index in [4.69, 9.17) is 14.2 Å². The fourth-order valence-corrected chi connectivity index (χ4v) is 2.81. The van der Waals surface area contributed by atoms with E-state index in [1.54, 1.807) is 14.2 Å². The molecule has 1 aliphatic rings. The highest BCUT2D eigenvalue weighted by Crippen LogP contribution is 2.27. The number of carbonyl (C=O) groups excluding carboxylic acids is 1. The Morgan fingerprint density at radius 2 is 2.12 bits per heavy atom. The van der Waals surface area contributed by atoms with Gasteiger partial charge in [-0.25, -0.2) is 0 Å². The Labute approximate surface area is 144 Å². The molecule has 1 unspecified atom stereocenters. The molecule has 134 valence electrons.